The molecule has 0 aliphatic heterocycles. The molecule has 0 aromatic carbocycles. The number of hydrogen-bond donors (Lipinski definition) is 0. The average Bonchev–Trinajstić information content (AvgIpc) is 2.31. The number of hydrogen-bond acceptors (Lipinski definition) is 1. The number of carbonyl (C=O) groups excluding carboxylic acids is 1. The van der Waals surface area contributed by atoms with Crippen LogP contribution in [0.3, 0.4) is 0 Å². The van der Waals surface area contributed by atoms with Crippen LogP contribution in [0.2, 0.25) is 0 Å². The predicted octanol–water partition coefficient (Wildman–Crippen LogP) is 2.45. The summed E-state index contributed by atoms with van der Waals surface area (Å²) in [5.74, 6) is 0.00265. The molecule has 0 radical (unpaired) electrons. The van der Waals surface area contributed by atoms with Gasteiger partial charge in [-0.3, -0.25) is 4.79 Å². The van der Waals surface area contributed by atoms with E-state index < -0.39 is 5.38 Å². The smallest absolute Gasteiger partial charge is 0.182 e. The SMILES string of the molecule is Cc1cc(C(=O)C(C)Cl)c(C)n1C. The molecule has 1 heterocycles. The molecule has 0 aliphatic rings. The summed E-state index contributed by atoms with van der Waals surface area (Å²) >= 11 is 5.74. The molecule has 0 aliphatic carbocycles. The van der Waals surface area contributed by atoms with Crippen molar-refractivity contribution in [2.24, 2.45) is 7.05 Å². The summed E-state index contributed by atoms with van der Waals surface area (Å²) in [4.78, 5) is 11.6. The molecular formula is C10H14ClNO. The van der Waals surface area contributed by atoms with Gasteiger partial charge in [0.15, 0.2) is 5.78 Å². The fourth-order valence-electron chi connectivity index (χ4n) is 1.32. The van der Waals surface area contributed by atoms with Crippen LogP contribution in [-0.2, 0) is 7.05 Å². The fourth-order valence-corrected chi connectivity index (χ4v) is 1.44. The molecular weight excluding hydrogens is 186 g/mol. The number of Topliss-reactive ketones (excluding diaryl/α,β-unsaturated/α-hetero) is 1. The maximum absolute atomic E-state index is 11.6. The van der Waals surface area contributed by atoms with Crippen LogP contribution >= 0.6 is 11.6 Å². The lowest BCUT2D eigenvalue weighted by Crippen LogP contribution is -2.11. The summed E-state index contributed by atoms with van der Waals surface area (Å²) in [7, 11) is 1.94. The Morgan fingerprint density at radius 2 is 2.08 bits per heavy atom. The molecule has 1 atom stereocenters. The number of halogens is 1. The van der Waals surface area contributed by atoms with E-state index in [0.717, 1.165) is 17.0 Å². The Labute approximate surface area is 83.5 Å². The van der Waals surface area contributed by atoms with Gasteiger partial charge in [0.2, 0.25) is 0 Å². The summed E-state index contributed by atoms with van der Waals surface area (Å²) in [5, 5.41) is -0.444. The van der Waals surface area contributed by atoms with Gasteiger partial charge < -0.3 is 4.57 Å². The van der Waals surface area contributed by atoms with Gasteiger partial charge in [-0.25, -0.2) is 0 Å². The highest BCUT2D eigenvalue weighted by Crippen LogP contribution is 2.16. The van der Waals surface area contributed by atoms with E-state index in [4.69, 9.17) is 11.6 Å². The first-order chi connectivity index (χ1) is 5.95. The Kier molecular flexibility index (Phi) is 2.81. The maximum Gasteiger partial charge on any atom is 0.182 e. The van der Waals surface area contributed by atoms with E-state index in [2.05, 4.69) is 0 Å². The van der Waals surface area contributed by atoms with Crippen molar-refractivity contribution in [3.8, 4) is 0 Å². The van der Waals surface area contributed by atoms with E-state index in [1.54, 1.807) is 6.92 Å². The Hall–Kier alpha value is -0.760. The molecule has 0 N–H and O–H groups in total. The van der Waals surface area contributed by atoms with E-state index >= 15 is 0 Å². The highest BCUT2D eigenvalue weighted by atomic mass is 35.5. The van der Waals surface area contributed by atoms with Crippen LogP contribution in [0, 0.1) is 13.8 Å². The monoisotopic (exact) mass is 199 g/mol. The zero-order valence-corrected chi connectivity index (χ0v) is 9.14. The van der Waals surface area contributed by atoms with Gasteiger partial charge in [-0.15, -0.1) is 11.6 Å². The second kappa shape index (κ2) is 3.54. The number of carbonyl (C=O) groups is 1. The zero-order chi connectivity index (χ0) is 10.2. The summed E-state index contributed by atoms with van der Waals surface area (Å²) in [5.41, 5.74) is 2.80. The third kappa shape index (κ3) is 1.78. The molecule has 0 saturated carbocycles. The van der Waals surface area contributed by atoms with Crippen LogP contribution in [-0.4, -0.2) is 15.7 Å². The Balaban J connectivity index is 3.16. The zero-order valence-electron chi connectivity index (χ0n) is 8.39. The van der Waals surface area contributed by atoms with Gasteiger partial charge in [0.05, 0.1) is 5.38 Å². The molecule has 0 fully saturated rings. The first kappa shape index (κ1) is 10.3. The predicted molar refractivity (Wildman–Crippen MR) is 54.5 cm³/mol. The quantitative estimate of drug-likeness (QED) is 0.530. The van der Waals surface area contributed by atoms with Crippen LogP contribution in [0.15, 0.2) is 6.07 Å². The van der Waals surface area contributed by atoms with Crippen LogP contribution in [0.25, 0.3) is 0 Å². The summed E-state index contributed by atoms with van der Waals surface area (Å²) in [6.07, 6.45) is 0. The maximum atomic E-state index is 11.6. The Bertz CT molecular complexity index is 339. The Morgan fingerprint density at radius 1 is 1.54 bits per heavy atom. The fraction of sp³-hybridized carbons (Fsp3) is 0.500. The molecule has 0 bridgehead atoms. The molecule has 0 saturated heterocycles. The van der Waals surface area contributed by atoms with Crippen LogP contribution in [0.5, 0.6) is 0 Å². The molecule has 3 heteroatoms. The van der Waals surface area contributed by atoms with Gasteiger partial charge >= 0.3 is 0 Å². The van der Waals surface area contributed by atoms with Crippen molar-refractivity contribution in [2.75, 3.05) is 0 Å². The van der Waals surface area contributed by atoms with E-state index in [1.807, 2.05) is 31.5 Å². The highest BCUT2D eigenvalue weighted by molar-refractivity contribution is 6.33. The third-order valence-corrected chi connectivity index (χ3v) is 2.60. The van der Waals surface area contributed by atoms with E-state index in [9.17, 15) is 4.79 Å². The van der Waals surface area contributed by atoms with Gasteiger partial charge in [-0.2, -0.15) is 0 Å². The van der Waals surface area contributed by atoms with Gasteiger partial charge in [0.25, 0.3) is 0 Å². The van der Waals surface area contributed by atoms with Crippen molar-refractivity contribution in [3.05, 3.63) is 23.0 Å². The van der Waals surface area contributed by atoms with Crippen molar-refractivity contribution >= 4 is 17.4 Å². The van der Waals surface area contributed by atoms with E-state index in [-0.39, 0.29) is 5.78 Å². The molecule has 2 nitrogen and oxygen atoms in total. The topological polar surface area (TPSA) is 22.0 Å². The second-order valence-electron chi connectivity index (χ2n) is 3.32. The normalized spacial score (nSPS) is 13.0. The molecule has 1 rings (SSSR count). The van der Waals surface area contributed by atoms with Crippen LogP contribution in [0.4, 0.5) is 0 Å². The lowest BCUT2D eigenvalue weighted by molar-refractivity contribution is 0.0991. The first-order valence-electron chi connectivity index (χ1n) is 4.26. The second-order valence-corrected chi connectivity index (χ2v) is 3.98. The number of aromatic nitrogens is 1. The minimum Gasteiger partial charge on any atom is -0.351 e. The molecule has 1 aromatic rings. The molecule has 72 valence electrons. The molecule has 1 unspecified atom stereocenters. The average molecular weight is 200 g/mol. The summed E-state index contributed by atoms with van der Waals surface area (Å²) in [6, 6.07) is 1.89. The molecule has 1 aromatic heterocycles. The molecule has 0 spiro atoms. The number of nitrogens with zero attached hydrogens (tertiary/aromatic N) is 1. The lowest BCUT2D eigenvalue weighted by Gasteiger charge is -2.02. The summed E-state index contributed by atoms with van der Waals surface area (Å²) < 4.78 is 1.99. The number of aryl methyl sites for hydroxylation is 1. The molecule has 0 amide bonds. The van der Waals surface area contributed by atoms with Crippen molar-refractivity contribution in [1.82, 2.24) is 4.57 Å². The van der Waals surface area contributed by atoms with Gasteiger partial charge in [0, 0.05) is 24.0 Å². The van der Waals surface area contributed by atoms with Crippen molar-refractivity contribution in [1.29, 1.82) is 0 Å². The van der Waals surface area contributed by atoms with E-state index in [1.165, 1.54) is 0 Å². The third-order valence-electron chi connectivity index (χ3n) is 2.40. The van der Waals surface area contributed by atoms with Crippen molar-refractivity contribution < 1.29 is 4.79 Å². The minimum absolute atomic E-state index is 0.00265. The number of rotatable bonds is 2. The molecule has 13 heavy (non-hydrogen) atoms. The largest absolute Gasteiger partial charge is 0.351 e. The van der Waals surface area contributed by atoms with Gasteiger partial charge in [-0.1, -0.05) is 0 Å². The Morgan fingerprint density at radius 3 is 2.38 bits per heavy atom. The van der Waals surface area contributed by atoms with Crippen molar-refractivity contribution in [3.63, 3.8) is 0 Å². The minimum atomic E-state index is -0.444. The first-order valence-corrected chi connectivity index (χ1v) is 4.70. The highest BCUT2D eigenvalue weighted by Gasteiger charge is 2.17. The number of ketones is 1. The standard InChI is InChI=1S/C10H14ClNO/c1-6-5-9(8(3)12(6)4)10(13)7(2)11/h5,7H,1-4H3. The lowest BCUT2D eigenvalue weighted by atomic mass is 10.1. The van der Waals surface area contributed by atoms with Crippen molar-refractivity contribution in [2.45, 2.75) is 26.1 Å². The van der Waals surface area contributed by atoms with Crippen LogP contribution < -0.4 is 0 Å². The number of alkyl halides is 1. The van der Waals surface area contributed by atoms with E-state index in [0.29, 0.717) is 0 Å². The van der Waals surface area contributed by atoms with Gasteiger partial charge in [-0.05, 0) is 26.8 Å². The van der Waals surface area contributed by atoms with Crippen LogP contribution in [0.1, 0.15) is 28.7 Å². The van der Waals surface area contributed by atoms with Gasteiger partial charge in [0.1, 0.15) is 0 Å². The summed E-state index contributed by atoms with van der Waals surface area (Å²) in [6.45, 7) is 5.61.